The molecule has 4 aliphatic heterocycles. The van der Waals surface area contributed by atoms with Crippen molar-refractivity contribution in [2.45, 2.75) is 220 Å². The van der Waals surface area contributed by atoms with Crippen LogP contribution in [0.4, 0.5) is 0 Å². The predicted molar refractivity (Wildman–Crippen MR) is 279 cm³/mol. The van der Waals surface area contributed by atoms with Crippen LogP contribution in [-0.2, 0) is 33.3 Å². The van der Waals surface area contributed by atoms with E-state index in [-0.39, 0.29) is 38.1 Å². The number of hydrogen-bond donors (Lipinski definition) is 15. The molecule has 3 fully saturated rings. The van der Waals surface area contributed by atoms with Gasteiger partial charge in [-0.3, -0.25) is 14.5 Å². The first-order valence-corrected chi connectivity index (χ1v) is 27.1. The van der Waals surface area contributed by atoms with E-state index >= 15 is 0 Å². The van der Waals surface area contributed by atoms with Crippen LogP contribution in [0.1, 0.15) is 98.8 Å². The zero-order valence-corrected chi connectivity index (χ0v) is 45.3. The number of carboxylic acids is 1. The maximum absolute atomic E-state index is 12.8. The van der Waals surface area contributed by atoms with Gasteiger partial charge in [-0.25, -0.2) is 0 Å². The van der Waals surface area contributed by atoms with Gasteiger partial charge in [-0.15, -0.1) is 0 Å². The van der Waals surface area contributed by atoms with Crippen molar-refractivity contribution in [3.63, 3.8) is 0 Å². The molecule has 23 atom stereocenters. The number of carbonyl (C=O) groups is 2. The Kier molecular flexibility index (Phi) is 27.3. The fraction of sp³-hybridized carbons (Fsp3) is 0.745. The Morgan fingerprint density at radius 1 is 0.679 bits per heavy atom. The molecule has 78 heavy (non-hydrogen) atoms. The Balaban J connectivity index is 1.61. The first-order valence-electron chi connectivity index (χ1n) is 27.1. The van der Waals surface area contributed by atoms with Crippen LogP contribution in [-0.4, -0.2) is 235 Å². The number of aliphatic carboxylic acids is 1. The van der Waals surface area contributed by atoms with Gasteiger partial charge < -0.3 is 100 Å². The van der Waals surface area contributed by atoms with Crippen molar-refractivity contribution in [3.05, 3.63) is 72.9 Å². The second-order valence-corrected chi connectivity index (χ2v) is 21.5. The maximum atomic E-state index is 12.8. The van der Waals surface area contributed by atoms with Gasteiger partial charge in [0.25, 0.3) is 0 Å². The number of likely N-dealkylation sites (N-methyl/N-ethyl adjacent to an activating group) is 1. The minimum atomic E-state index is -2.46. The topological polar surface area (TPSA) is 387 Å². The number of carboxylic acid groups (broad SMARTS) is 1. The predicted octanol–water partition coefficient (Wildman–Crippen LogP) is -0.900. The van der Waals surface area contributed by atoms with Gasteiger partial charge >= 0.3 is 11.9 Å². The summed E-state index contributed by atoms with van der Waals surface area (Å²) in [5, 5.41) is 164. The molecule has 446 valence electrons. The Labute approximate surface area is 456 Å². The van der Waals surface area contributed by atoms with E-state index in [1.54, 1.807) is 51.2 Å². The van der Waals surface area contributed by atoms with E-state index in [0.29, 0.717) is 12.8 Å². The largest absolute Gasteiger partial charge is 0.481 e. The molecular formula is C55H89NO22. The van der Waals surface area contributed by atoms with E-state index in [1.165, 1.54) is 17.9 Å². The fourth-order valence-corrected chi connectivity index (χ4v) is 10.2. The summed E-state index contributed by atoms with van der Waals surface area (Å²) >= 11 is 0. The van der Waals surface area contributed by atoms with E-state index in [9.17, 15) is 86.2 Å². The van der Waals surface area contributed by atoms with Gasteiger partial charge in [0.15, 0.2) is 12.1 Å². The van der Waals surface area contributed by atoms with Crippen LogP contribution in [0.5, 0.6) is 0 Å². The zero-order chi connectivity index (χ0) is 58.1. The first-order chi connectivity index (χ1) is 36.7. The molecule has 0 aromatic rings. The van der Waals surface area contributed by atoms with Gasteiger partial charge in [0.1, 0.15) is 36.4 Å². The highest BCUT2D eigenvalue weighted by molar-refractivity contribution is 5.71. The van der Waals surface area contributed by atoms with Crippen LogP contribution in [0.25, 0.3) is 0 Å². The fourth-order valence-electron chi connectivity index (χ4n) is 10.2. The summed E-state index contributed by atoms with van der Waals surface area (Å²) in [7, 11) is 0. The number of allylic oxidation sites excluding steroid dienone is 10. The highest BCUT2D eigenvalue weighted by Crippen LogP contribution is 2.39. The molecule has 23 nitrogen and oxygen atoms in total. The molecule has 0 spiro atoms. The lowest BCUT2D eigenvalue weighted by Gasteiger charge is -2.50. The maximum Gasteiger partial charge on any atom is 0.311 e. The molecule has 15 N–H and O–H groups in total. The van der Waals surface area contributed by atoms with Gasteiger partial charge in [0.05, 0.1) is 92.8 Å². The number of carbonyl (C=O) groups excluding carboxylic acids is 1. The SMILES string of the molecule is CCN(C[C@@]1(O)OC[C@@H](O)[C@@H](O)[C@@H]1O)[C@@H]1[C@H](O)[C@@H](O[C@H]2/C=C/C=C/C=C/C=C/CC/C=C/C=C/[C@H](C)[C@@H](O)[C@@H](C)[C@H](C)OC(=O)C[C@H](O)C[C@H](O)C[C@H](O)CC[C@@H](O)[C@H](O)C[C@]3(O)C[C@H](O)[C@@H](C(=O)O)[C@H](C2)O3)O[C@H](C)[C@H]1O. The first kappa shape index (κ1) is 67.1. The van der Waals surface area contributed by atoms with E-state index in [0.717, 1.165) is 0 Å². The Morgan fingerprint density at radius 3 is 1.94 bits per heavy atom. The molecule has 0 amide bonds. The molecule has 4 heterocycles. The minimum absolute atomic E-state index is 0.0219. The molecule has 0 saturated carbocycles. The van der Waals surface area contributed by atoms with Crippen molar-refractivity contribution in [1.29, 1.82) is 0 Å². The van der Waals surface area contributed by atoms with Crippen molar-refractivity contribution in [2.75, 3.05) is 19.7 Å². The van der Waals surface area contributed by atoms with E-state index < -0.39 is 184 Å². The molecule has 0 aromatic carbocycles. The molecule has 0 aromatic heterocycles. The van der Waals surface area contributed by atoms with Crippen molar-refractivity contribution in [3.8, 4) is 0 Å². The molecule has 23 heteroatoms. The molecule has 2 bridgehead atoms. The zero-order valence-electron chi connectivity index (χ0n) is 45.3. The van der Waals surface area contributed by atoms with Crippen LogP contribution in [0.2, 0.25) is 0 Å². The lowest BCUT2D eigenvalue weighted by Crippen LogP contribution is -2.69. The Hall–Kier alpha value is -3.38. The van der Waals surface area contributed by atoms with Gasteiger partial charge in [-0.1, -0.05) is 93.7 Å². The second-order valence-electron chi connectivity index (χ2n) is 21.5. The standard InChI is InChI=1S/C55H89NO22/c1-6-56(30-55(73)51(69)49(67)42(63)29-74-55)46-48(66)34(5)76-53(50(46)68)77-38-20-18-16-14-12-10-8-7-9-11-13-15-17-19-31(2)47(65)32(3)33(4)75-44(64)25-37(59)24-36(58)23-35(57)21-22-39(60)40(61)27-54(72)28-41(62)45(52(70)71)43(26-38)78-54/h7-8,10,12-20,31-43,45-51,53,57-63,65-69,72-73H,6,9,11,21-30H2,1-5H3,(H,70,71)/b8-7+,12-10+,15-13+,16-14+,19-17+,20-18+/t31-,32-,33-,34+,35+,36+,37+,38-,39+,40+,41-,42+,43-,45+,46-,47+,48+,49+,50-,51-,53+,54+,55+/m0/s1. The third kappa shape index (κ3) is 20.0. The van der Waals surface area contributed by atoms with Gasteiger partial charge in [0.2, 0.25) is 5.79 Å². The number of hydrogen-bond acceptors (Lipinski definition) is 22. The number of cyclic esters (lactones) is 1. The summed E-state index contributed by atoms with van der Waals surface area (Å²) in [6.45, 7) is 7.22. The van der Waals surface area contributed by atoms with Crippen molar-refractivity contribution < 1.29 is 110 Å². The number of ether oxygens (including phenoxy) is 5. The van der Waals surface area contributed by atoms with Gasteiger partial charge in [-0.2, -0.15) is 0 Å². The van der Waals surface area contributed by atoms with E-state index in [2.05, 4.69) is 0 Å². The summed E-state index contributed by atoms with van der Waals surface area (Å²) in [5.41, 5.74) is 0. The van der Waals surface area contributed by atoms with E-state index in [1.807, 2.05) is 43.4 Å². The van der Waals surface area contributed by atoms with Crippen LogP contribution >= 0.6 is 0 Å². The number of nitrogens with zero attached hydrogens (tertiary/aromatic N) is 1. The van der Waals surface area contributed by atoms with Gasteiger partial charge in [-0.05, 0) is 58.9 Å². The normalized spacial score (nSPS) is 45.7. The molecule has 3 saturated heterocycles. The van der Waals surface area contributed by atoms with Crippen LogP contribution < -0.4 is 0 Å². The van der Waals surface area contributed by atoms with Crippen molar-refractivity contribution in [1.82, 2.24) is 4.90 Å². The highest BCUT2D eigenvalue weighted by Gasteiger charge is 2.54. The average Bonchev–Trinajstić information content (AvgIpc) is 3.42. The number of rotatable bonds is 7. The molecular weight excluding hydrogens is 1030 g/mol. The third-order valence-electron chi connectivity index (χ3n) is 15.1. The average molecular weight is 1120 g/mol. The molecule has 4 aliphatic rings. The number of aliphatic hydroxyl groups is 14. The Morgan fingerprint density at radius 2 is 1.28 bits per heavy atom. The monoisotopic (exact) mass is 1120 g/mol. The van der Waals surface area contributed by atoms with Gasteiger partial charge in [0, 0.05) is 31.1 Å². The lowest BCUT2D eigenvalue weighted by atomic mass is 9.82. The summed E-state index contributed by atoms with van der Waals surface area (Å²) in [6, 6.07) is -1.29. The molecule has 0 aliphatic carbocycles. The second kappa shape index (κ2) is 31.7. The van der Waals surface area contributed by atoms with Crippen LogP contribution in [0.15, 0.2) is 72.9 Å². The third-order valence-corrected chi connectivity index (χ3v) is 15.1. The lowest BCUT2D eigenvalue weighted by molar-refractivity contribution is -0.336. The molecule has 0 unspecified atom stereocenters. The van der Waals surface area contributed by atoms with Crippen LogP contribution in [0, 0.1) is 17.8 Å². The summed E-state index contributed by atoms with van der Waals surface area (Å²) in [5.74, 6) is -9.63. The number of fused-ring (bicyclic) bond motifs is 2. The summed E-state index contributed by atoms with van der Waals surface area (Å²) < 4.78 is 29.1. The summed E-state index contributed by atoms with van der Waals surface area (Å²) in [6.07, 6.45) is -5.52. The van der Waals surface area contributed by atoms with E-state index in [4.69, 9.17) is 23.7 Å². The number of esters is 1. The smallest absolute Gasteiger partial charge is 0.311 e. The quantitative estimate of drug-likeness (QED) is 0.137. The van der Waals surface area contributed by atoms with Crippen molar-refractivity contribution in [2.24, 2.45) is 17.8 Å². The minimum Gasteiger partial charge on any atom is -0.481 e. The molecule has 4 rings (SSSR count). The number of aliphatic hydroxyl groups excluding tert-OH is 12. The van der Waals surface area contributed by atoms with Crippen molar-refractivity contribution >= 4 is 11.9 Å². The highest BCUT2D eigenvalue weighted by atomic mass is 16.7. The van der Waals surface area contributed by atoms with Crippen LogP contribution in [0.3, 0.4) is 0 Å². The Bertz CT molecular complexity index is 2000. The summed E-state index contributed by atoms with van der Waals surface area (Å²) in [4.78, 5) is 26.8. The molecule has 0 radical (unpaired) electrons.